The van der Waals surface area contributed by atoms with Crippen molar-refractivity contribution in [2.75, 3.05) is 0 Å². The van der Waals surface area contributed by atoms with Gasteiger partial charge >= 0.3 is 0 Å². The molecule has 0 aliphatic carbocycles. The number of carbonyl (C=O) groups excluding carboxylic acids is 1. The Labute approximate surface area is 117 Å². The van der Waals surface area contributed by atoms with Crippen LogP contribution < -0.4 is 5.43 Å². The van der Waals surface area contributed by atoms with E-state index in [9.17, 15) is 9.90 Å². The predicted octanol–water partition coefficient (Wildman–Crippen LogP) is 2.26. The van der Waals surface area contributed by atoms with Crippen LogP contribution in [0.25, 0.3) is 0 Å². The zero-order valence-electron chi connectivity index (χ0n) is 11.2. The third-order valence-electron chi connectivity index (χ3n) is 2.78. The number of rotatable bonds is 4. The molecule has 0 spiro atoms. The molecule has 2 aromatic rings. The number of hydrazone groups is 1. The van der Waals surface area contributed by atoms with Gasteiger partial charge in [0.25, 0.3) is 0 Å². The molecule has 0 unspecified atom stereocenters. The van der Waals surface area contributed by atoms with E-state index in [4.69, 9.17) is 0 Å². The van der Waals surface area contributed by atoms with Gasteiger partial charge in [0.15, 0.2) is 0 Å². The van der Waals surface area contributed by atoms with Crippen LogP contribution in [-0.2, 0) is 4.79 Å². The second-order valence-corrected chi connectivity index (χ2v) is 4.34. The standard InChI is InChI=1S/C16H16N2O2/c1-12(19)17-18-15(13-8-4-2-5-9-13)16(20)14-10-6-3-7-11-14/h2-11,16,20H,1H3,(H,17,19)/t16-/m0/s1. The molecule has 1 atom stereocenters. The maximum atomic E-state index is 11.0. The van der Waals surface area contributed by atoms with Crippen LogP contribution in [0, 0.1) is 0 Å². The van der Waals surface area contributed by atoms with Crippen LogP contribution in [0.4, 0.5) is 0 Å². The maximum absolute atomic E-state index is 11.0. The number of hydrogen-bond donors (Lipinski definition) is 2. The summed E-state index contributed by atoms with van der Waals surface area (Å²) in [5, 5.41) is 14.5. The van der Waals surface area contributed by atoms with Crippen LogP contribution in [0.15, 0.2) is 65.8 Å². The minimum absolute atomic E-state index is 0.279. The van der Waals surface area contributed by atoms with E-state index in [1.54, 1.807) is 0 Å². The molecule has 1 amide bonds. The number of carbonyl (C=O) groups is 1. The van der Waals surface area contributed by atoms with Crippen LogP contribution in [0.1, 0.15) is 24.2 Å². The number of nitrogens with zero attached hydrogens (tertiary/aromatic N) is 1. The lowest BCUT2D eigenvalue weighted by molar-refractivity contribution is -0.118. The van der Waals surface area contributed by atoms with Crippen molar-refractivity contribution in [3.8, 4) is 0 Å². The summed E-state index contributed by atoms with van der Waals surface area (Å²) in [7, 11) is 0. The molecule has 0 aromatic heterocycles. The summed E-state index contributed by atoms with van der Waals surface area (Å²) in [5.41, 5.74) is 4.28. The summed E-state index contributed by atoms with van der Waals surface area (Å²) in [6.07, 6.45) is -0.898. The Balaban J connectivity index is 2.37. The normalized spacial score (nSPS) is 12.8. The first-order chi connectivity index (χ1) is 9.68. The zero-order chi connectivity index (χ0) is 14.4. The fourth-order valence-corrected chi connectivity index (χ4v) is 1.82. The monoisotopic (exact) mass is 268 g/mol. The highest BCUT2D eigenvalue weighted by molar-refractivity contribution is 6.04. The number of benzene rings is 2. The van der Waals surface area contributed by atoms with E-state index in [1.807, 2.05) is 60.7 Å². The van der Waals surface area contributed by atoms with E-state index in [0.717, 1.165) is 11.1 Å². The first kappa shape index (κ1) is 14.0. The topological polar surface area (TPSA) is 61.7 Å². The Morgan fingerprint density at radius 3 is 2.15 bits per heavy atom. The highest BCUT2D eigenvalue weighted by Gasteiger charge is 2.17. The Morgan fingerprint density at radius 1 is 1.05 bits per heavy atom. The summed E-state index contributed by atoms with van der Waals surface area (Å²) in [6, 6.07) is 18.5. The highest BCUT2D eigenvalue weighted by Crippen LogP contribution is 2.18. The van der Waals surface area contributed by atoms with Gasteiger partial charge in [0.05, 0.1) is 0 Å². The lowest BCUT2D eigenvalue weighted by atomic mass is 9.99. The molecule has 0 heterocycles. The zero-order valence-corrected chi connectivity index (χ0v) is 11.2. The van der Waals surface area contributed by atoms with E-state index in [-0.39, 0.29) is 5.91 Å². The largest absolute Gasteiger partial charge is 0.382 e. The van der Waals surface area contributed by atoms with Gasteiger partial charge < -0.3 is 5.11 Å². The summed E-state index contributed by atoms with van der Waals surface area (Å²) in [4.78, 5) is 11.0. The fraction of sp³-hybridized carbons (Fsp3) is 0.125. The van der Waals surface area contributed by atoms with E-state index in [1.165, 1.54) is 6.92 Å². The number of aliphatic hydroxyl groups excluding tert-OH is 1. The van der Waals surface area contributed by atoms with Crippen molar-refractivity contribution >= 4 is 11.6 Å². The SMILES string of the molecule is CC(=O)NN=C(c1ccccc1)[C@@H](O)c1ccccc1. The minimum atomic E-state index is -0.898. The quantitative estimate of drug-likeness (QED) is 0.660. The van der Waals surface area contributed by atoms with Gasteiger partial charge in [-0.2, -0.15) is 5.10 Å². The van der Waals surface area contributed by atoms with Gasteiger partial charge in [0.1, 0.15) is 11.8 Å². The first-order valence-electron chi connectivity index (χ1n) is 6.31. The third-order valence-corrected chi connectivity index (χ3v) is 2.78. The van der Waals surface area contributed by atoms with Gasteiger partial charge in [0.2, 0.25) is 5.91 Å². The van der Waals surface area contributed by atoms with Crippen LogP contribution in [0.2, 0.25) is 0 Å². The molecule has 0 saturated heterocycles. The molecule has 2 rings (SSSR count). The number of nitrogens with one attached hydrogen (secondary N) is 1. The average molecular weight is 268 g/mol. The lowest BCUT2D eigenvalue weighted by Gasteiger charge is -2.14. The lowest BCUT2D eigenvalue weighted by Crippen LogP contribution is -2.21. The summed E-state index contributed by atoms with van der Waals surface area (Å²) >= 11 is 0. The average Bonchev–Trinajstić information content (AvgIpc) is 2.49. The van der Waals surface area contributed by atoms with Crippen molar-refractivity contribution in [3.05, 3.63) is 71.8 Å². The fourth-order valence-electron chi connectivity index (χ4n) is 1.82. The first-order valence-corrected chi connectivity index (χ1v) is 6.31. The van der Waals surface area contributed by atoms with Crippen LogP contribution in [-0.4, -0.2) is 16.7 Å². The molecule has 0 radical (unpaired) electrons. The van der Waals surface area contributed by atoms with Gasteiger partial charge in [-0.05, 0) is 5.56 Å². The molecule has 4 nitrogen and oxygen atoms in total. The summed E-state index contributed by atoms with van der Waals surface area (Å²) < 4.78 is 0. The molecule has 0 saturated carbocycles. The van der Waals surface area contributed by atoms with Crippen LogP contribution in [0.3, 0.4) is 0 Å². The molecule has 0 fully saturated rings. The van der Waals surface area contributed by atoms with Crippen molar-refractivity contribution in [1.29, 1.82) is 0 Å². The van der Waals surface area contributed by atoms with E-state index < -0.39 is 6.10 Å². The molecule has 2 N–H and O–H groups in total. The van der Waals surface area contributed by atoms with Gasteiger partial charge in [-0.3, -0.25) is 4.79 Å². The molecule has 0 aliphatic rings. The second kappa shape index (κ2) is 6.63. The molecule has 0 bridgehead atoms. The molecular formula is C16H16N2O2. The van der Waals surface area contributed by atoms with Gasteiger partial charge in [0, 0.05) is 12.5 Å². The number of hydrogen-bond acceptors (Lipinski definition) is 3. The number of amides is 1. The minimum Gasteiger partial charge on any atom is -0.382 e. The molecule has 0 aliphatic heterocycles. The molecule has 4 heteroatoms. The summed E-state index contributed by atoms with van der Waals surface area (Å²) in [6.45, 7) is 1.38. The molecule has 102 valence electrons. The van der Waals surface area contributed by atoms with E-state index in [2.05, 4.69) is 10.5 Å². The molecule has 2 aromatic carbocycles. The Morgan fingerprint density at radius 2 is 1.60 bits per heavy atom. The van der Waals surface area contributed by atoms with Crippen LogP contribution >= 0.6 is 0 Å². The Bertz CT molecular complexity index is 594. The Kier molecular flexibility index (Phi) is 4.63. The van der Waals surface area contributed by atoms with Crippen molar-refractivity contribution in [2.45, 2.75) is 13.0 Å². The highest BCUT2D eigenvalue weighted by atomic mass is 16.3. The smallest absolute Gasteiger partial charge is 0.236 e. The van der Waals surface area contributed by atoms with Gasteiger partial charge in [-0.15, -0.1) is 0 Å². The van der Waals surface area contributed by atoms with Gasteiger partial charge in [-0.25, -0.2) is 5.43 Å². The van der Waals surface area contributed by atoms with Crippen molar-refractivity contribution in [3.63, 3.8) is 0 Å². The van der Waals surface area contributed by atoms with Crippen molar-refractivity contribution in [1.82, 2.24) is 5.43 Å². The number of aliphatic hydroxyl groups is 1. The second-order valence-electron chi connectivity index (χ2n) is 4.34. The molecular weight excluding hydrogens is 252 g/mol. The summed E-state index contributed by atoms with van der Waals surface area (Å²) in [5.74, 6) is -0.279. The van der Waals surface area contributed by atoms with Crippen LogP contribution in [0.5, 0.6) is 0 Å². The third kappa shape index (κ3) is 3.52. The van der Waals surface area contributed by atoms with E-state index in [0.29, 0.717) is 5.71 Å². The Hall–Kier alpha value is -2.46. The van der Waals surface area contributed by atoms with Crippen molar-refractivity contribution in [2.24, 2.45) is 5.10 Å². The van der Waals surface area contributed by atoms with Crippen molar-refractivity contribution < 1.29 is 9.90 Å². The van der Waals surface area contributed by atoms with Gasteiger partial charge in [-0.1, -0.05) is 60.7 Å². The molecule has 20 heavy (non-hydrogen) atoms. The van der Waals surface area contributed by atoms with E-state index >= 15 is 0 Å². The predicted molar refractivity (Wildman–Crippen MR) is 78.2 cm³/mol. The maximum Gasteiger partial charge on any atom is 0.236 e.